The first-order valence-corrected chi connectivity index (χ1v) is 8.64. The molecule has 122 valence electrons. The molecule has 3 nitrogen and oxygen atoms in total. The van der Waals surface area contributed by atoms with E-state index in [1.807, 2.05) is 24.3 Å². The summed E-state index contributed by atoms with van der Waals surface area (Å²) in [5.41, 5.74) is 2.82. The van der Waals surface area contributed by atoms with Crippen LogP contribution in [-0.2, 0) is 11.2 Å². The van der Waals surface area contributed by atoms with Gasteiger partial charge in [-0.15, -0.1) is 0 Å². The molecular formula is C20H25NO2. The highest BCUT2D eigenvalue weighted by Gasteiger charge is 2.24. The molecule has 1 aromatic carbocycles. The first kappa shape index (κ1) is 16.1. The van der Waals surface area contributed by atoms with Crippen LogP contribution in [0.15, 0.2) is 24.3 Å². The number of Topliss-reactive ketones (excluding diaryl/α,β-unsaturated/α-hetero) is 1. The van der Waals surface area contributed by atoms with Gasteiger partial charge >= 0.3 is 0 Å². The number of benzene rings is 1. The molecule has 1 aromatic rings. The van der Waals surface area contributed by atoms with Crippen molar-refractivity contribution in [3.8, 4) is 0 Å². The zero-order valence-electron chi connectivity index (χ0n) is 14.0. The molecule has 1 aliphatic carbocycles. The molecule has 0 bridgehead atoms. The standard InChI is InChI=1S/C20H25NO2/c1-14(2)21-9-3-4-15(13-21)10-20(23)18-6-5-17-12-19(22)8-7-16(17)11-18/h5-8,11,14-15H,3-4,9-10,12-13H2,1-2H3/t15-/m0/s1. The molecule has 1 fully saturated rings. The van der Waals surface area contributed by atoms with Crippen LogP contribution in [-0.4, -0.2) is 35.6 Å². The van der Waals surface area contributed by atoms with Crippen LogP contribution in [0, 0.1) is 5.92 Å². The average Bonchev–Trinajstić information content (AvgIpc) is 2.54. The van der Waals surface area contributed by atoms with Gasteiger partial charge in [-0.3, -0.25) is 9.59 Å². The molecule has 0 amide bonds. The van der Waals surface area contributed by atoms with Gasteiger partial charge in [-0.05, 0) is 62.4 Å². The van der Waals surface area contributed by atoms with Gasteiger partial charge in [-0.2, -0.15) is 0 Å². The van der Waals surface area contributed by atoms with Crippen molar-refractivity contribution in [3.63, 3.8) is 0 Å². The lowest BCUT2D eigenvalue weighted by Crippen LogP contribution is -2.40. The van der Waals surface area contributed by atoms with Gasteiger partial charge < -0.3 is 4.90 Å². The maximum absolute atomic E-state index is 12.6. The Bertz CT molecular complexity index is 645. The highest BCUT2D eigenvalue weighted by molar-refractivity contribution is 6.00. The SMILES string of the molecule is CC(C)N1CCC[C@@H](CC(=O)c2ccc3c(c2)C=CC(=O)C3)C1. The Hall–Kier alpha value is -1.74. The lowest BCUT2D eigenvalue weighted by atomic mass is 9.88. The van der Waals surface area contributed by atoms with Crippen molar-refractivity contribution < 1.29 is 9.59 Å². The van der Waals surface area contributed by atoms with E-state index < -0.39 is 0 Å². The summed E-state index contributed by atoms with van der Waals surface area (Å²) in [5.74, 6) is 0.827. The Morgan fingerprint density at radius 1 is 1.30 bits per heavy atom. The third kappa shape index (κ3) is 3.78. The molecule has 1 heterocycles. The van der Waals surface area contributed by atoms with Crippen LogP contribution in [0.1, 0.15) is 54.6 Å². The predicted octanol–water partition coefficient (Wildman–Crippen LogP) is 3.52. The number of ketones is 2. The monoisotopic (exact) mass is 311 g/mol. The largest absolute Gasteiger partial charge is 0.301 e. The van der Waals surface area contributed by atoms with Crippen LogP contribution in [0.25, 0.3) is 6.08 Å². The highest BCUT2D eigenvalue weighted by atomic mass is 16.1. The van der Waals surface area contributed by atoms with Crippen molar-refractivity contribution in [2.45, 2.75) is 45.6 Å². The fraction of sp³-hybridized carbons (Fsp3) is 0.500. The second-order valence-corrected chi connectivity index (χ2v) is 7.11. The number of nitrogens with zero attached hydrogens (tertiary/aromatic N) is 1. The molecule has 0 aromatic heterocycles. The van der Waals surface area contributed by atoms with E-state index in [2.05, 4.69) is 18.7 Å². The topological polar surface area (TPSA) is 37.4 Å². The minimum Gasteiger partial charge on any atom is -0.301 e. The number of allylic oxidation sites excluding steroid dienone is 1. The number of likely N-dealkylation sites (tertiary alicyclic amines) is 1. The minimum absolute atomic E-state index is 0.132. The molecule has 0 radical (unpaired) electrons. The molecule has 0 unspecified atom stereocenters. The van der Waals surface area contributed by atoms with Crippen LogP contribution in [0.2, 0.25) is 0 Å². The molecule has 0 spiro atoms. The maximum atomic E-state index is 12.6. The summed E-state index contributed by atoms with van der Waals surface area (Å²) < 4.78 is 0. The van der Waals surface area contributed by atoms with Crippen molar-refractivity contribution in [2.75, 3.05) is 13.1 Å². The van der Waals surface area contributed by atoms with E-state index >= 15 is 0 Å². The Labute approximate surface area is 138 Å². The second-order valence-electron chi connectivity index (χ2n) is 7.11. The number of hydrogen-bond donors (Lipinski definition) is 0. The van der Waals surface area contributed by atoms with E-state index in [0.717, 1.165) is 36.2 Å². The summed E-state index contributed by atoms with van der Waals surface area (Å²) in [6.07, 6.45) is 6.85. The normalized spacial score (nSPS) is 21.5. The summed E-state index contributed by atoms with van der Waals surface area (Å²) in [4.78, 5) is 26.5. The lowest BCUT2D eigenvalue weighted by molar-refractivity contribution is -0.114. The van der Waals surface area contributed by atoms with E-state index in [4.69, 9.17) is 0 Å². The van der Waals surface area contributed by atoms with Gasteiger partial charge in [0.1, 0.15) is 0 Å². The van der Waals surface area contributed by atoms with E-state index in [-0.39, 0.29) is 11.6 Å². The Kier molecular flexibility index (Phi) is 4.76. The van der Waals surface area contributed by atoms with E-state index in [0.29, 0.717) is 24.8 Å². The van der Waals surface area contributed by atoms with Gasteiger partial charge in [0.25, 0.3) is 0 Å². The third-order valence-corrected chi connectivity index (χ3v) is 5.04. The summed E-state index contributed by atoms with van der Waals surface area (Å²) in [6, 6.07) is 6.32. The highest BCUT2D eigenvalue weighted by Crippen LogP contribution is 2.25. The van der Waals surface area contributed by atoms with Gasteiger partial charge in [0.05, 0.1) is 0 Å². The van der Waals surface area contributed by atoms with Gasteiger partial charge in [-0.25, -0.2) is 0 Å². The van der Waals surface area contributed by atoms with Crippen molar-refractivity contribution in [1.29, 1.82) is 0 Å². The molecule has 2 aliphatic rings. The van der Waals surface area contributed by atoms with Crippen molar-refractivity contribution in [2.24, 2.45) is 5.92 Å². The molecule has 1 saturated heterocycles. The third-order valence-electron chi connectivity index (χ3n) is 5.04. The van der Waals surface area contributed by atoms with Gasteiger partial charge in [0, 0.05) is 31.0 Å². The zero-order chi connectivity index (χ0) is 16.4. The fourth-order valence-corrected chi connectivity index (χ4v) is 3.63. The molecule has 0 N–H and O–H groups in total. The fourth-order valence-electron chi connectivity index (χ4n) is 3.63. The molecule has 0 saturated carbocycles. The first-order chi connectivity index (χ1) is 11.0. The van der Waals surface area contributed by atoms with Crippen LogP contribution in [0.4, 0.5) is 0 Å². The number of fused-ring (bicyclic) bond motifs is 1. The zero-order valence-corrected chi connectivity index (χ0v) is 14.0. The quantitative estimate of drug-likeness (QED) is 0.798. The van der Waals surface area contributed by atoms with E-state index in [1.54, 1.807) is 6.08 Å². The predicted molar refractivity (Wildman–Crippen MR) is 92.6 cm³/mol. The molecule has 3 rings (SSSR count). The molecule has 23 heavy (non-hydrogen) atoms. The van der Waals surface area contributed by atoms with Gasteiger partial charge in [-0.1, -0.05) is 18.2 Å². The summed E-state index contributed by atoms with van der Waals surface area (Å²) >= 11 is 0. The molecule has 3 heteroatoms. The Balaban J connectivity index is 1.67. The summed E-state index contributed by atoms with van der Waals surface area (Å²) in [5, 5.41) is 0. The van der Waals surface area contributed by atoms with Crippen molar-refractivity contribution in [3.05, 3.63) is 41.0 Å². The molecule has 1 aliphatic heterocycles. The summed E-state index contributed by atoms with van der Waals surface area (Å²) in [6.45, 7) is 6.63. The average molecular weight is 311 g/mol. The van der Waals surface area contributed by atoms with Crippen molar-refractivity contribution in [1.82, 2.24) is 4.90 Å². The number of piperidine rings is 1. The van der Waals surface area contributed by atoms with E-state index in [1.165, 1.54) is 6.42 Å². The number of hydrogen-bond acceptors (Lipinski definition) is 3. The van der Waals surface area contributed by atoms with E-state index in [9.17, 15) is 9.59 Å². The first-order valence-electron chi connectivity index (χ1n) is 8.64. The minimum atomic E-state index is 0.132. The lowest BCUT2D eigenvalue weighted by Gasteiger charge is -2.35. The number of carbonyl (C=O) groups excluding carboxylic acids is 2. The van der Waals surface area contributed by atoms with Gasteiger partial charge in [0.2, 0.25) is 0 Å². The molecule has 1 atom stereocenters. The number of carbonyl (C=O) groups is 2. The Morgan fingerprint density at radius 3 is 2.91 bits per heavy atom. The van der Waals surface area contributed by atoms with Crippen LogP contribution in [0.3, 0.4) is 0 Å². The van der Waals surface area contributed by atoms with Crippen LogP contribution < -0.4 is 0 Å². The van der Waals surface area contributed by atoms with Crippen LogP contribution in [0.5, 0.6) is 0 Å². The van der Waals surface area contributed by atoms with Crippen molar-refractivity contribution >= 4 is 17.6 Å². The Morgan fingerprint density at radius 2 is 2.13 bits per heavy atom. The molecular weight excluding hydrogens is 286 g/mol. The van der Waals surface area contributed by atoms with Gasteiger partial charge in [0.15, 0.2) is 11.6 Å². The number of rotatable bonds is 4. The summed E-state index contributed by atoms with van der Waals surface area (Å²) in [7, 11) is 0. The maximum Gasteiger partial charge on any atom is 0.163 e. The van der Waals surface area contributed by atoms with Crippen LogP contribution >= 0.6 is 0 Å². The second kappa shape index (κ2) is 6.79. The smallest absolute Gasteiger partial charge is 0.163 e.